The fourth-order valence-electron chi connectivity index (χ4n) is 1.53. The molecule has 0 saturated heterocycles. The SMILES string of the molecule is COC(c1ccccc1C)C(C)N. The smallest absolute Gasteiger partial charge is 0.0971 e. The maximum Gasteiger partial charge on any atom is 0.0971 e. The Labute approximate surface area is 79.7 Å². The number of methoxy groups -OCH3 is 1. The lowest BCUT2D eigenvalue weighted by atomic mass is 9.99. The highest BCUT2D eigenvalue weighted by Crippen LogP contribution is 2.22. The third kappa shape index (κ3) is 2.29. The average Bonchev–Trinajstić information content (AvgIpc) is 2.09. The molecule has 2 heteroatoms. The Morgan fingerprint density at radius 2 is 1.92 bits per heavy atom. The molecule has 2 unspecified atom stereocenters. The second-order valence-electron chi connectivity index (χ2n) is 3.37. The molecule has 0 aliphatic carbocycles. The highest BCUT2D eigenvalue weighted by molar-refractivity contribution is 5.28. The van der Waals surface area contributed by atoms with Crippen LogP contribution in [-0.4, -0.2) is 13.2 Å². The van der Waals surface area contributed by atoms with E-state index in [-0.39, 0.29) is 12.1 Å². The summed E-state index contributed by atoms with van der Waals surface area (Å²) in [7, 11) is 1.69. The quantitative estimate of drug-likeness (QED) is 0.770. The van der Waals surface area contributed by atoms with Crippen LogP contribution in [0.15, 0.2) is 24.3 Å². The van der Waals surface area contributed by atoms with Gasteiger partial charge in [-0.25, -0.2) is 0 Å². The Kier molecular flexibility index (Phi) is 3.46. The van der Waals surface area contributed by atoms with Crippen molar-refractivity contribution in [3.8, 4) is 0 Å². The third-order valence-electron chi connectivity index (χ3n) is 2.23. The molecule has 0 heterocycles. The van der Waals surface area contributed by atoms with Crippen LogP contribution in [0.5, 0.6) is 0 Å². The van der Waals surface area contributed by atoms with Gasteiger partial charge in [0.15, 0.2) is 0 Å². The van der Waals surface area contributed by atoms with Gasteiger partial charge in [0, 0.05) is 13.2 Å². The van der Waals surface area contributed by atoms with Crippen LogP contribution in [0.2, 0.25) is 0 Å². The number of nitrogens with two attached hydrogens (primary N) is 1. The molecule has 0 aromatic heterocycles. The van der Waals surface area contributed by atoms with Crippen molar-refractivity contribution < 1.29 is 4.74 Å². The Bertz CT molecular complexity index is 271. The zero-order valence-electron chi connectivity index (χ0n) is 8.45. The van der Waals surface area contributed by atoms with Crippen LogP contribution < -0.4 is 5.73 Å². The number of aryl methyl sites for hydroxylation is 1. The Morgan fingerprint density at radius 1 is 1.31 bits per heavy atom. The number of hydrogen-bond donors (Lipinski definition) is 1. The van der Waals surface area contributed by atoms with Crippen molar-refractivity contribution >= 4 is 0 Å². The lowest BCUT2D eigenvalue weighted by molar-refractivity contribution is 0.0848. The molecule has 1 aromatic carbocycles. The van der Waals surface area contributed by atoms with E-state index in [1.54, 1.807) is 7.11 Å². The number of hydrogen-bond acceptors (Lipinski definition) is 2. The zero-order valence-corrected chi connectivity index (χ0v) is 8.45. The highest BCUT2D eigenvalue weighted by atomic mass is 16.5. The molecule has 72 valence electrons. The maximum atomic E-state index is 5.82. The molecule has 0 bridgehead atoms. The minimum atomic E-state index is 0.00111. The van der Waals surface area contributed by atoms with Crippen molar-refractivity contribution in [3.05, 3.63) is 35.4 Å². The summed E-state index contributed by atoms with van der Waals surface area (Å²) in [6.45, 7) is 4.03. The predicted octanol–water partition coefficient (Wildman–Crippen LogP) is 2.03. The van der Waals surface area contributed by atoms with E-state index in [1.165, 1.54) is 11.1 Å². The minimum absolute atomic E-state index is 0.00111. The number of rotatable bonds is 3. The van der Waals surface area contributed by atoms with E-state index in [0.29, 0.717) is 0 Å². The standard InChI is InChI=1S/C11H17NO/c1-8-6-4-5-7-10(8)11(13-3)9(2)12/h4-7,9,11H,12H2,1-3H3. The van der Waals surface area contributed by atoms with Gasteiger partial charge in [0.2, 0.25) is 0 Å². The molecule has 0 fully saturated rings. The van der Waals surface area contributed by atoms with E-state index >= 15 is 0 Å². The fourth-order valence-corrected chi connectivity index (χ4v) is 1.53. The van der Waals surface area contributed by atoms with E-state index in [4.69, 9.17) is 10.5 Å². The molecule has 1 rings (SSSR count). The largest absolute Gasteiger partial charge is 0.375 e. The summed E-state index contributed by atoms with van der Waals surface area (Å²) in [4.78, 5) is 0. The Balaban J connectivity index is 2.97. The molecule has 1 aromatic rings. The van der Waals surface area contributed by atoms with Gasteiger partial charge >= 0.3 is 0 Å². The lowest BCUT2D eigenvalue weighted by Crippen LogP contribution is -2.26. The van der Waals surface area contributed by atoms with Gasteiger partial charge in [-0.05, 0) is 25.0 Å². The zero-order chi connectivity index (χ0) is 9.84. The van der Waals surface area contributed by atoms with Gasteiger partial charge in [-0.2, -0.15) is 0 Å². The van der Waals surface area contributed by atoms with Crippen LogP contribution in [0.4, 0.5) is 0 Å². The summed E-state index contributed by atoms with van der Waals surface area (Å²) >= 11 is 0. The van der Waals surface area contributed by atoms with Gasteiger partial charge in [0.1, 0.15) is 0 Å². The van der Waals surface area contributed by atoms with Crippen LogP contribution in [0, 0.1) is 6.92 Å². The van der Waals surface area contributed by atoms with Crippen molar-refractivity contribution in [2.24, 2.45) is 5.73 Å². The van der Waals surface area contributed by atoms with Gasteiger partial charge in [-0.15, -0.1) is 0 Å². The van der Waals surface area contributed by atoms with Gasteiger partial charge in [0.25, 0.3) is 0 Å². The molecule has 0 aliphatic heterocycles. The molecule has 2 nitrogen and oxygen atoms in total. The first-order valence-electron chi connectivity index (χ1n) is 4.50. The summed E-state index contributed by atoms with van der Waals surface area (Å²) in [5.74, 6) is 0. The second-order valence-corrected chi connectivity index (χ2v) is 3.37. The summed E-state index contributed by atoms with van der Waals surface area (Å²) in [6.07, 6.45) is 0.00111. The molecule has 13 heavy (non-hydrogen) atoms. The molecule has 0 spiro atoms. The van der Waals surface area contributed by atoms with Gasteiger partial charge < -0.3 is 10.5 Å². The van der Waals surface area contributed by atoms with Gasteiger partial charge in [-0.3, -0.25) is 0 Å². The summed E-state index contributed by atoms with van der Waals surface area (Å²) in [5, 5.41) is 0. The predicted molar refractivity (Wildman–Crippen MR) is 54.6 cm³/mol. The highest BCUT2D eigenvalue weighted by Gasteiger charge is 2.16. The first kappa shape index (κ1) is 10.2. The number of benzene rings is 1. The lowest BCUT2D eigenvalue weighted by Gasteiger charge is -2.21. The average molecular weight is 179 g/mol. The number of ether oxygens (including phenoxy) is 1. The van der Waals surface area contributed by atoms with Crippen molar-refractivity contribution in [2.45, 2.75) is 26.0 Å². The van der Waals surface area contributed by atoms with Crippen LogP contribution in [-0.2, 0) is 4.74 Å². The van der Waals surface area contributed by atoms with E-state index in [0.717, 1.165) is 0 Å². The second kappa shape index (κ2) is 4.40. The first-order valence-corrected chi connectivity index (χ1v) is 4.50. The molecule has 0 amide bonds. The van der Waals surface area contributed by atoms with Crippen LogP contribution in [0.25, 0.3) is 0 Å². The van der Waals surface area contributed by atoms with Gasteiger partial charge in [0.05, 0.1) is 6.10 Å². The third-order valence-corrected chi connectivity index (χ3v) is 2.23. The van der Waals surface area contributed by atoms with Crippen molar-refractivity contribution in [3.63, 3.8) is 0 Å². The minimum Gasteiger partial charge on any atom is -0.375 e. The molecular formula is C11H17NO. The molecule has 0 radical (unpaired) electrons. The van der Waals surface area contributed by atoms with Crippen LogP contribution >= 0.6 is 0 Å². The fraction of sp³-hybridized carbons (Fsp3) is 0.455. The van der Waals surface area contributed by atoms with Crippen molar-refractivity contribution in [2.75, 3.05) is 7.11 Å². The Hall–Kier alpha value is -0.860. The molecular weight excluding hydrogens is 162 g/mol. The Morgan fingerprint density at radius 3 is 2.38 bits per heavy atom. The molecule has 2 atom stereocenters. The normalized spacial score (nSPS) is 15.4. The van der Waals surface area contributed by atoms with E-state index in [2.05, 4.69) is 19.1 Å². The monoisotopic (exact) mass is 179 g/mol. The van der Waals surface area contributed by atoms with Gasteiger partial charge in [-0.1, -0.05) is 24.3 Å². The molecule has 0 saturated carbocycles. The summed E-state index contributed by atoms with van der Waals surface area (Å²) in [6, 6.07) is 8.19. The molecule has 2 N–H and O–H groups in total. The topological polar surface area (TPSA) is 35.2 Å². The summed E-state index contributed by atoms with van der Waals surface area (Å²) < 4.78 is 5.35. The van der Waals surface area contributed by atoms with E-state index in [1.807, 2.05) is 19.1 Å². The van der Waals surface area contributed by atoms with Crippen molar-refractivity contribution in [1.82, 2.24) is 0 Å². The first-order chi connectivity index (χ1) is 6.16. The maximum absolute atomic E-state index is 5.82. The van der Waals surface area contributed by atoms with Crippen molar-refractivity contribution in [1.29, 1.82) is 0 Å². The summed E-state index contributed by atoms with van der Waals surface area (Å²) in [5.41, 5.74) is 8.23. The molecule has 0 aliphatic rings. The van der Waals surface area contributed by atoms with E-state index in [9.17, 15) is 0 Å². The van der Waals surface area contributed by atoms with E-state index < -0.39 is 0 Å². The van der Waals surface area contributed by atoms with Crippen LogP contribution in [0.3, 0.4) is 0 Å². The van der Waals surface area contributed by atoms with Crippen LogP contribution in [0.1, 0.15) is 24.2 Å².